The van der Waals surface area contributed by atoms with Gasteiger partial charge in [-0.3, -0.25) is 4.79 Å². The zero-order valence-electron chi connectivity index (χ0n) is 9.56. The lowest BCUT2D eigenvalue weighted by Gasteiger charge is -2.08. The van der Waals surface area contributed by atoms with Crippen LogP contribution in [0.4, 0.5) is 0 Å². The first kappa shape index (κ1) is 12.8. The van der Waals surface area contributed by atoms with E-state index in [2.05, 4.69) is 4.74 Å². The number of carbonyl (C=O) groups is 2. The summed E-state index contributed by atoms with van der Waals surface area (Å²) in [4.78, 5) is 21.9. The number of nitrogens with two attached hydrogens (primary N) is 1. The first-order valence-electron chi connectivity index (χ1n) is 4.76. The second kappa shape index (κ2) is 5.74. The molecule has 0 aromatic heterocycles. The van der Waals surface area contributed by atoms with E-state index in [-0.39, 0.29) is 5.56 Å². The number of methoxy groups -OCH3 is 2. The van der Waals surface area contributed by atoms with E-state index in [1.165, 1.54) is 26.4 Å². The highest BCUT2D eigenvalue weighted by Crippen LogP contribution is 2.27. The minimum absolute atomic E-state index is 0.254. The lowest BCUT2D eigenvalue weighted by Crippen LogP contribution is -2.20. The van der Waals surface area contributed by atoms with Gasteiger partial charge in [0.25, 0.3) is 5.91 Å². The van der Waals surface area contributed by atoms with Gasteiger partial charge < -0.3 is 19.9 Å². The highest BCUT2D eigenvalue weighted by Gasteiger charge is 2.12. The first-order valence-corrected chi connectivity index (χ1v) is 4.76. The smallest absolute Gasteiger partial charge is 0.338 e. The molecule has 0 bridgehead atoms. The molecule has 92 valence electrons. The van der Waals surface area contributed by atoms with Gasteiger partial charge in [0.1, 0.15) is 0 Å². The van der Waals surface area contributed by atoms with Crippen LogP contribution in [0.2, 0.25) is 0 Å². The van der Waals surface area contributed by atoms with E-state index in [1.54, 1.807) is 6.07 Å². The number of primary amides is 1. The third-order valence-electron chi connectivity index (χ3n) is 1.96. The van der Waals surface area contributed by atoms with Crippen molar-refractivity contribution in [1.82, 2.24) is 0 Å². The van der Waals surface area contributed by atoms with Gasteiger partial charge in [0, 0.05) is 0 Å². The van der Waals surface area contributed by atoms with Crippen molar-refractivity contribution in [2.45, 2.75) is 0 Å². The van der Waals surface area contributed by atoms with Crippen LogP contribution in [0.5, 0.6) is 11.5 Å². The molecule has 0 unspecified atom stereocenters. The molecule has 0 radical (unpaired) electrons. The Bertz CT molecular complexity index is 430. The van der Waals surface area contributed by atoms with Gasteiger partial charge in [-0.25, -0.2) is 4.79 Å². The van der Waals surface area contributed by atoms with Gasteiger partial charge in [-0.05, 0) is 18.2 Å². The quantitative estimate of drug-likeness (QED) is 0.749. The van der Waals surface area contributed by atoms with Gasteiger partial charge in [0.15, 0.2) is 18.1 Å². The minimum Gasteiger partial charge on any atom is -0.493 e. The summed E-state index contributed by atoms with van der Waals surface area (Å²) in [7, 11) is 2.94. The summed E-state index contributed by atoms with van der Waals surface area (Å²) < 4.78 is 14.7. The molecule has 0 heterocycles. The van der Waals surface area contributed by atoms with Crippen LogP contribution in [0.1, 0.15) is 10.4 Å². The second-order valence-corrected chi connectivity index (χ2v) is 3.11. The van der Waals surface area contributed by atoms with Crippen molar-refractivity contribution in [2.24, 2.45) is 5.73 Å². The molecule has 2 N–H and O–H groups in total. The van der Waals surface area contributed by atoms with Crippen molar-refractivity contribution >= 4 is 11.9 Å². The number of ether oxygens (including phenoxy) is 3. The van der Waals surface area contributed by atoms with Crippen LogP contribution in [0.3, 0.4) is 0 Å². The topological polar surface area (TPSA) is 87.9 Å². The van der Waals surface area contributed by atoms with Crippen LogP contribution in [0.15, 0.2) is 18.2 Å². The van der Waals surface area contributed by atoms with Crippen LogP contribution in [0.25, 0.3) is 0 Å². The molecule has 0 aliphatic carbocycles. The Morgan fingerprint density at radius 3 is 2.35 bits per heavy atom. The summed E-state index contributed by atoms with van der Waals surface area (Å²) in [6, 6.07) is 4.53. The predicted molar refractivity (Wildman–Crippen MR) is 59.0 cm³/mol. The molecule has 0 aliphatic heterocycles. The third kappa shape index (κ3) is 3.37. The molecule has 1 rings (SSSR count). The molecule has 6 nitrogen and oxygen atoms in total. The Labute approximate surface area is 98.3 Å². The number of hydrogen-bond donors (Lipinski definition) is 1. The van der Waals surface area contributed by atoms with Crippen LogP contribution in [-0.4, -0.2) is 32.7 Å². The Hall–Kier alpha value is -2.24. The maximum Gasteiger partial charge on any atom is 0.338 e. The van der Waals surface area contributed by atoms with Gasteiger partial charge in [-0.15, -0.1) is 0 Å². The van der Waals surface area contributed by atoms with Gasteiger partial charge in [0.2, 0.25) is 0 Å². The number of esters is 1. The van der Waals surface area contributed by atoms with E-state index < -0.39 is 18.5 Å². The second-order valence-electron chi connectivity index (χ2n) is 3.11. The van der Waals surface area contributed by atoms with E-state index in [0.717, 1.165) is 0 Å². The van der Waals surface area contributed by atoms with E-state index in [4.69, 9.17) is 15.2 Å². The average molecular weight is 239 g/mol. The zero-order valence-corrected chi connectivity index (χ0v) is 9.56. The molecule has 1 aromatic rings. The van der Waals surface area contributed by atoms with Crippen LogP contribution in [-0.2, 0) is 9.53 Å². The molecule has 1 aromatic carbocycles. The molecule has 0 aliphatic rings. The van der Waals surface area contributed by atoms with Crippen molar-refractivity contribution < 1.29 is 23.8 Å². The maximum atomic E-state index is 11.5. The molecule has 0 fully saturated rings. The fourth-order valence-electron chi connectivity index (χ4n) is 1.18. The van der Waals surface area contributed by atoms with Crippen molar-refractivity contribution in [1.29, 1.82) is 0 Å². The standard InChI is InChI=1S/C11H13NO5/c1-15-8-4-3-7(5-9(8)16-2)11(14)17-6-10(12)13/h3-5H,6H2,1-2H3,(H2,12,13). The third-order valence-corrected chi connectivity index (χ3v) is 1.96. The van der Waals surface area contributed by atoms with E-state index in [9.17, 15) is 9.59 Å². The van der Waals surface area contributed by atoms with Gasteiger partial charge in [0.05, 0.1) is 19.8 Å². The molecular formula is C11H13NO5. The van der Waals surface area contributed by atoms with Crippen molar-refractivity contribution in [3.05, 3.63) is 23.8 Å². The fraction of sp³-hybridized carbons (Fsp3) is 0.273. The Kier molecular flexibility index (Phi) is 4.33. The minimum atomic E-state index is -0.709. The monoisotopic (exact) mass is 239 g/mol. The average Bonchev–Trinajstić information content (AvgIpc) is 2.34. The molecule has 0 spiro atoms. The summed E-state index contributed by atoms with van der Waals surface area (Å²) in [6.07, 6.45) is 0. The Morgan fingerprint density at radius 2 is 1.82 bits per heavy atom. The Balaban J connectivity index is 2.84. The summed E-state index contributed by atoms with van der Waals surface area (Å²) in [6.45, 7) is -0.451. The van der Waals surface area contributed by atoms with Gasteiger partial charge >= 0.3 is 5.97 Å². The lowest BCUT2D eigenvalue weighted by molar-refractivity contribution is -0.121. The van der Waals surface area contributed by atoms with Crippen molar-refractivity contribution in [2.75, 3.05) is 20.8 Å². The van der Waals surface area contributed by atoms with E-state index in [0.29, 0.717) is 11.5 Å². The van der Waals surface area contributed by atoms with Crippen LogP contribution in [0, 0.1) is 0 Å². The number of hydrogen-bond acceptors (Lipinski definition) is 5. The number of amides is 1. The lowest BCUT2D eigenvalue weighted by atomic mass is 10.2. The van der Waals surface area contributed by atoms with Crippen LogP contribution >= 0.6 is 0 Å². The zero-order chi connectivity index (χ0) is 12.8. The first-order chi connectivity index (χ1) is 8.08. The normalized spacial score (nSPS) is 9.53. The number of rotatable bonds is 5. The molecule has 0 saturated carbocycles. The van der Waals surface area contributed by atoms with E-state index >= 15 is 0 Å². The largest absolute Gasteiger partial charge is 0.493 e. The molecule has 17 heavy (non-hydrogen) atoms. The fourth-order valence-corrected chi connectivity index (χ4v) is 1.18. The van der Waals surface area contributed by atoms with Gasteiger partial charge in [-0.2, -0.15) is 0 Å². The SMILES string of the molecule is COc1ccc(C(=O)OCC(N)=O)cc1OC. The molecular weight excluding hydrogens is 226 g/mol. The Morgan fingerprint density at radius 1 is 1.18 bits per heavy atom. The number of carbonyl (C=O) groups excluding carboxylic acids is 2. The number of benzene rings is 1. The maximum absolute atomic E-state index is 11.5. The van der Waals surface area contributed by atoms with Crippen molar-refractivity contribution in [3.8, 4) is 11.5 Å². The summed E-state index contributed by atoms with van der Waals surface area (Å²) in [5.41, 5.74) is 5.11. The predicted octanol–water partition coefficient (Wildman–Crippen LogP) is 0.346. The highest BCUT2D eigenvalue weighted by atomic mass is 16.5. The molecule has 0 saturated heterocycles. The highest BCUT2D eigenvalue weighted by molar-refractivity contribution is 5.91. The summed E-state index contributed by atoms with van der Waals surface area (Å²) in [5, 5.41) is 0. The molecule has 6 heteroatoms. The molecule has 0 atom stereocenters. The summed E-state index contributed by atoms with van der Waals surface area (Å²) >= 11 is 0. The van der Waals surface area contributed by atoms with Crippen LogP contribution < -0.4 is 15.2 Å². The van der Waals surface area contributed by atoms with Crippen molar-refractivity contribution in [3.63, 3.8) is 0 Å². The molecule has 1 amide bonds. The summed E-state index contributed by atoms with van der Waals surface area (Å²) in [5.74, 6) is -0.455. The van der Waals surface area contributed by atoms with E-state index in [1.807, 2.05) is 0 Å². The van der Waals surface area contributed by atoms with Gasteiger partial charge in [-0.1, -0.05) is 0 Å².